The van der Waals surface area contributed by atoms with Crippen molar-refractivity contribution in [1.29, 1.82) is 5.41 Å². The predicted octanol–water partition coefficient (Wildman–Crippen LogP) is 2.26. The molecule has 3 nitrogen and oxygen atoms in total. The highest BCUT2D eigenvalue weighted by atomic mass is 32.2. The summed E-state index contributed by atoms with van der Waals surface area (Å²) in [5.74, 6) is 0.236. The molecule has 1 unspecified atom stereocenters. The third kappa shape index (κ3) is 3.00. The van der Waals surface area contributed by atoms with Crippen LogP contribution in [0.2, 0.25) is 0 Å². The summed E-state index contributed by atoms with van der Waals surface area (Å²) in [5, 5.41) is 9.43. The average molecular weight is 215 g/mol. The minimum Gasteiger partial charge on any atom is -0.387 e. The van der Waals surface area contributed by atoms with Crippen LogP contribution >= 0.6 is 23.1 Å². The molecule has 13 heavy (non-hydrogen) atoms. The molecule has 0 saturated carbocycles. The van der Waals surface area contributed by atoms with Crippen LogP contribution in [-0.4, -0.2) is 16.1 Å². The lowest BCUT2D eigenvalue weighted by Gasteiger charge is -2.09. The van der Waals surface area contributed by atoms with Crippen LogP contribution < -0.4 is 5.73 Å². The molecule has 0 aliphatic carbocycles. The molecule has 72 valence electrons. The Balaban J connectivity index is 2.61. The third-order valence-electron chi connectivity index (χ3n) is 1.56. The predicted molar refractivity (Wildman–Crippen MR) is 58.7 cm³/mol. The normalized spacial score (nSPS) is 12.8. The van der Waals surface area contributed by atoms with Gasteiger partial charge in [-0.1, -0.05) is 18.7 Å². The topological polar surface area (TPSA) is 62.8 Å². The Morgan fingerprint density at radius 1 is 1.85 bits per heavy atom. The molecule has 1 heterocycles. The van der Waals surface area contributed by atoms with Gasteiger partial charge in [0.2, 0.25) is 0 Å². The largest absolute Gasteiger partial charge is 0.387 e. The molecule has 0 saturated heterocycles. The Bertz CT molecular complexity index is 295. The van der Waals surface area contributed by atoms with Crippen molar-refractivity contribution in [2.45, 2.75) is 29.9 Å². The van der Waals surface area contributed by atoms with E-state index in [-0.39, 0.29) is 11.1 Å². The summed E-state index contributed by atoms with van der Waals surface area (Å²) in [4.78, 5) is 4.31. The summed E-state index contributed by atoms with van der Waals surface area (Å²) < 4.78 is 1.000. The summed E-state index contributed by atoms with van der Waals surface area (Å²) in [6.45, 7) is 3.99. The fraction of sp³-hybridized carbons (Fsp3) is 0.500. The number of nitrogens with zero attached hydrogens (tertiary/aromatic N) is 1. The number of rotatable bonds is 4. The van der Waals surface area contributed by atoms with Crippen LogP contribution in [0.15, 0.2) is 9.72 Å². The monoisotopic (exact) mass is 215 g/mol. The Hall–Kier alpha value is -0.550. The standard InChI is InChI=1S/C8H13N3S2/c1-3-6(7(9)10)13-8-11-5(2)4-12-8/h4,6H,3H2,1-2H3,(H3,9,10). The van der Waals surface area contributed by atoms with Gasteiger partial charge in [-0.05, 0) is 13.3 Å². The van der Waals surface area contributed by atoms with Crippen molar-refractivity contribution in [3.63, 3.8) is 0 Å². The van der Waals surface area contributed by atoms with E-state index in [1.807, 2.05) is 19.2 Å². The maximum Gasteiger partial charge on any atom is 0.150 e. The van der Waals surface area contributed by atoms with Crippen molar-refractivity contribution in [3.05, 3.63) is 11.1 Å². The smallest absolute Gasteiger partial charge is 0.150 e. The van der Waals surface area contributed by atoms with Gasteiger partial charge in [-0.25, -0.2) is 4.98 Å². The van der Waals surface area contributed by atoms with Crippen LogP contribution in [0, 0.1) is 12.3 Å². The van der Waals surface area contributed by atoms with Crippen molar-refractivity contribution in [2.24, 2.45) is 5.73 Å². The van der Waals surface area contributed by atoms with Gasteiger partial charge in [-0.2, -0.15) is 0 Å². The summed E-state index contributed by atoms with van der Waals surface area (Å²) in [6.07, 6.45) is 0.874. The zero-order chi connectivity index (χ0) is 9.84. The van der Waals surface area contributed by atoms with E-state index in [9.17, 15) is 0 Å². The second-order valence-corrected chi connectivity index (χ2v) is 5.03. The van der Waals surface area contributed by atoms with Crippen LogP contribution in [-0.2, 0) is 0 Å². The minimum atomic E-state index is 0.0746. The highest BCUT2D eigenvalue weighted by Gasteiger charge is 2.12. The zero-order valence-electron chi connectivity index (χ0n) is 7.70. The van der Waals surface area contributed by atoms with Crippen molar-refractivity contribution < 1.29 is 0 Å². The number of aryl methyl sites for hydroxylation is 1. The Morgan fingerprint density at radius 2 is 2.54 bits per heavy atom. The highest BCUT2D eigenvalue weighted by Crippen LogP contribution is 2.27. The van der Waals surface area contributed by atoms with E-state index in [1.54, 1.807) is 23.1 Å². The third-order valence-corrected chi connectivity index (χ3v) is 4.05. The minimum absolute atomic E-state index is 0.0746. The molecule has 1 aromatic heterocycles. The zero-order valence-corrected chi connectivity index (χ0v) is 9.34. The SMILES string of the molecule is CCC(Sc1nc(C)cs1)C(=N)N. The van der Waals surface area contributed by atoms with Crippen molar-refractivity contribution in [3.8, 4) is 0 Å². The number of thiazole rings is 1. The molecule has 5 heteroatoms. The Morgan fingerprint density at radius 3 is 2.92 bits per heavy atom. The molecule has 3 N–H and O–H groups in total. The lowest BCUT2D eigenvalue weighted by Crippen LogP contribution is -2.23. The van der Waals surface area contributed by atoms with E-state index >= 15 is 0 Å². The second kappa shape index (κ2) is 4.62. The molecule has 0 aliphatic heterocycles. The van der Waals surface area contributed by atoms with Gasteiger partial charge in [0.25, 0.3) is 0 Å². The summed E-state index contributed by atoms with van der Waals surface area (Å²) >= 11 is 3.19. The van der Waals surface area contributed by atoms with Gasteiger partial charge in [0.1, 0.15) is 5.84 Å². The van der Waals surface area contributed by atoms with E-state index in [4.69, 9.17) is 11.1 Å². The first kappa shape index (κ1) is 10.5. The summed E-state index contributed by atoms with van der Waals surface area (Å²) in [7, 11) is 0. The molecule has 0 fully saturated rings. The molecule has 1 atom stereocenters. The van der Waals surface area contributed by atoms with Crippen LogP contribution in [0.1, 0.15) is 19.0 Å². The first-order valence-corrected chi connectivity index (χ1v) is 5.82. The van der Waals surface area contributed by atoms with Gasteiger partial charge >= 0.3 is 0 Å². The molecule has 1 aromatic rings. The van der Waals surface area contributed by atoms with E-state index in [2.05, 4.69) is 4.98 Å². The van der Waals surface area contributed by atoms with E-state index < -0.39 is 0 Å². The number of thioether (sulfide) groups is 1. The van der Waals surface area contributed by atoms with E-state index in [0.29, 0.717) is 0 Å². The van der Waals surface area contributed by atoms with Crippen molar-refractivity contribution >= 4 is 28.9 Å². The number of hydrogen-bond donors (Lipinski definition) is 2. The molecular weight excluding hydrogens is 202 g/mol. The van der Waals surface area contributed by atoms with Crippen LogP contribution in [0.25, 0.3) is 0 Å². The van der Waals surface area contributed by atoms with Gasteiger partial charge in [0.15, 0.2) is 4.34 Å². The van der Waals surface area contributed by atoms with E-state index in [0.717, 1.165) is 16.5 Å². The number of nitrogens with two attached hydrogens (primary N) is 1. The molecule has 0 aromatic carbocycles. The maximum absolute atomic E-state index is 7.34. The fourth-order valence-electron chi connectivity index (χ4n) is 0.875. The van der Waals surface area contributed by atoms with E-state index in [1.165, 1.54) is 0 Å². The Kier molecular flexibility index (Phi) is 3.74. The highest BCUT2D eigenvalue weighted by molar-refractivity contribution is 8.02. The lowest BCUT2D eigenvalue weighted by atomic mass is 10.3. The number of amidine groups is 1. The lowest BCUT2D eigenvalue weighted by molar-refractivity contribution is 0.988. The number of nitrogens with one attached hydrogen (secondary N) is 1. The van der Waals surface area contributed by atoms with Gasteiger partial charge < -0.3 is 5.73 Å². The summed E-state index contributed by atoms with van der Waals surface area (Å²) in [5.41, 5.74) is 6.47. The molecule has 0 radical (unpaired) electrons. The molecular formula is C8H13N3S2. The molecule has 0 aliphatic rings. The van der Waals surface area contributed by atoms with Crippen LogP contribution in [0.4, 0.5) is 0 Å². The first-order valence-electron chi connectivity index (χ1n) is 4.06. The fourth-order valence-corrected chi connectivity index (χ4v) is 2.84. The molecule has 1 rings (SSSR count). The van der Waals surface area contributed by atoms with Crippen LogP contribution in [0.3, 0.4) is 0 Å². The maximum atomic E-state index is 7.34. The molecule has 0 amide bonds. The molecule has 0 spiro atoms. The van der Waals surface area contributed by atoms with Crippen molar-refractivity contribution in [2.75, 3.05) is 0 Å². The molecule has 0 bridgehead atoms. The Labute approximate surface area is 86.3 Å². The van der Waals surface area contributed by atoms with Gasteiger partial charge in [-0.15, -0.1) is 11.3 Å². The first-order chi connectivity index (χ1) is 6.13. The van der Waals surface area contributed by atoms with Gasteiger partial charge in [-0.3, -0.25) is 5.41 Å². The summed E-state index contributed by atoms with van der Waals surface area (Å²) in [6, 6.07) is 0. The quantitative estimate of drug-likeness (QED) is 0.460. The van der Waals surface area contributed by atoms with Crippen LogP contribution in [0.5, 0.6) is 0 Å². The second-order valence-electron chi connectivity index (χ2n) is 2.72. The average Bonchev–Trinajstić information content (AvgIpc) is 2.46. The van der Waals surface area contributed by atoms with Crippen molar-refractivity contribution in [1.82, 2.24) is 4.98 Å². The number of aromatic nitrogens is 1. The van der Waals surface area contributed by atoms with Gasteiger partial charge in [0, 0.05) is 11.1 Å². The van der Waals surface area contributed by atoms with Gasteiger partial charge in [0.05, 0.1) is 5.25 Å². The number of hydrogen-bond acceptors (Lipinski definition) is 4.